The lowest BCUT2D eigenvalue weighted by atomic mass is 10.2. The third-order valence-electron chi connectivity index (χ3n) is 3.14. The summed E-state index contributed by atoms with van der Waals surface area (Å²) in [4.78, 5) is 15.5. The maximum absolute atomic E-state index is 12.5. The molecule has 0 atom stereocenters. The number of hydrogen-bond acceptors (Lipinski definition) is 3. The Morgan fingerprint density at radius 2 is 1.68 bits per heavy atom. The zero-order valence-electron chi connectivity index (χ0n) is 13.5. The van der Waals surface area contributed by atoms with E-state index in [1.807, 2.05) is 67.5 Å². The number of carbonyl (C=O) groups excluding carboxylic acids is 1. The molecule has 1 amide bonds. The minimum Gasteiger partial charge on any atom is -0.378 e. The molecule has 0 spiro atoms. The first-order valence-electron chi connectivity index (χ1n) is 7.32. The molecular formula is C18H22N2OS. The minimum atomic E-state index is -0.0682. The van der Waals surface area contributed by atoms with E-state index < -0.39 is 0 Å². The third-order valence-corrected chi connectivity index (χ3v) is 4.22. The molecule has 0 aliphatic heterocycles. The highest BCUT2D eigenvalue weighted by Crippen LogP contribution is 2.27. The largest absolute Gasteiger partial charge is 0.378 e. The average molecular weight is 314 g/mol. The summed E-state index contributed by atoms with van der Waals surface area (Å²) in [7, 11) is 3.99. The highest BCUT2D eigenvalue weighted by Gasteiger charge is 2.12. The van der Waals surface area contributed by atoms with Crippen molar-refractivity contribution in [3.05, 3.63) is 54.1 Å². The van der Waals surface area contributed by atoms with Gasteiger partial charge < -0.3 is 10.2 Å². The molecule has 0 aromatic heterocycles. The van der Waals surface area contributed by atoms with Crippen LogP contribution in [-0.2, 0) is 0 Å². The van der Waals surface area contributed by atoms with Crippen LogP contribution in [0.4, 0.5) is 11.4 Å². The zero-order valence-corrected chi connectivity index (χ0v) is 14.3. The number of rotatable bonds is 5. The van der Waals surface area contributed by atoms with Crippen molar-refractivity contribution in [1.29, 1.82) is 0 Å². The van der Waals surface area contributed by atoms with E-state index in [2.05, 4.69) is 19.2 Å². The first-order valence-corrected chi connectivity index (χ1v) is 8.20. The molecule has 2 aromatic carbocycles. The third kappa shape index (κ3) is 4.28. The van der Waals surface area contributed by atoms with Crippen LogP contribution in [0.25, 0.3) is 0 Å². The van der Waals surface area contributed by atoms with Crippen LogP contribution in [0.15, 0.2) is 53.4 Å². The Labute approximate surface area is 136 Å². The number of amides is 1. The number of nitrogens with one attached hydrogen (secondary N) is 1. The van der Waals surface area contributed by atoms with Crippen LogP contribution in [0.1, 0.15) is 24.2 Å². The highest BCUT2D eigenvalue weighted by molar-refractivity contribution is 8.00. The summed E-state index contributed by atoms with van der Waals surface area (Å²) in [6, 6.07) is 15.6. The standard InChI is InChI=1S/C18H22N2OS/c1-13(2)22-17-8-6-5-7-16(17)18(21)19-14-9-11-15(12-10-14)20(3)4/h5-13H,1-4H3,(H,19,21). The smallest absolute Gasteiger partial charge is 0.256 e. The molecule has 0 saturated heterocycles. The zero-order chi connectivity index (χ0) is 16.1. The van der Waals surface area contributed by atoms with Gasteiger partial charge in [0.2, 0.25) is 0 Å². The molecule has 116 valence electrons. The lowest BCUT2D eigenvalue weighted by Gasteiger charge is -2.14. The number of carbonyl (C=O) groups is 1. The topological polar surface area (TPSA) is 32.3 Å². The Hall–Kier alpha value is -1.94. The maximum Gasteiger partial charge on any atom is 0.256 e. The van der Waals surface area contributed by atoms with Gasteiger partial charge in [-0.3, -0.25) is 4.79 Å². The van der Waals surface area contributed by atoms with E-state index in [-0.39, 0.29) is 5.91 Å². The normalized spacial score (nSPS) is 10.6. The van der Waals surface area contributed by atoms with E-state index in [0.717, 1.165) is 21.8 Å². The first-order chi connectivity index (χ1) is 10.5. The summed E-state index contributed by atoms with van der Waals surface area (Å²) >= 11 is 1.70. The number of nitrogens with zero attached hydrogens (tertiary/aromatic N) is 1. The lowest BCUT2D eigenvalue weighted by Crippen LogP contribution is -2.13. The van der Waals surface area contributed by atoms with Gasteiger partial charge in [0.1, 0.15) is 0 Å². The number of thioether (sulfide) groups is 1. The molecule has 0 unspecified atom stereocenters. The average Bonchev–Trinajstić information content (AvgIpc) is 2.47. The van der Waals surface area contributed by atoms with Crippen molar-refractivity contribution < 1.29 is 4.79 Å². The van der Waals surface area contributed by atoms with Gasteiger partial charge in [0.25, 0.3) is 5.91 Å². The van der Waals surface area contributed by atoms with Crippen LogP contribution in [0.2, 0.25) is 0 Å². The number of anilines is 2. The van der Waals surface area contributed by atoms with Crippen molar-refractivity contribution in [3.63, 3.8) is 0 Å². The Morgan fingerprint density at radius 3 is 2.27 bits per heavy atom. The van der Waals surface area contributed by atoms with Crippen LogP contribution in [0.3, 0.4) is 0 Å². The maximum atomic E-state index is 12.5. The fourth-order valence-electron chi connectivity index (χ4n) is 2.05. The van der Waals surface area contributed by atoms with Crippen molar-refractivity contribution in [3.8, 4) is 0 Å². The number of hydrogen-bond donors (Lipinski definition) is 1. The van der Waals surface area contributed by atoms with Gasteiger partial charge in [0.05, 0.1) is 5.56 Å². The van der Waals surface area contributed by atoms with Crippen molar-refractivity contribution in [1.82, 2.24) is 0 Å². The molecule has 0 radical (unpaired) electrons. The van der Waals surface area contributed by atoms with Crippen molar-refractivity contribution in [2.75, 3.05) is 24.3 Å². The second-order valence-corrected chi connectivity index (χ2v) is 7.18. The molecule has 0 saturated carbocycles. The van der Waals surface area contributed by atoms with Gasteiger partial charge in [0.15, 0.2) is 0 Å². The quantitative estimate of drug-likeness (QED) is 0.824. The molecule has 0 heterocycles. The van der Waals surface area contributed by atoms with Crippen LogP contribution >= 0.6 is 11.8 Å². The van der Waals surface area contributed by atoms with Crippen molar-refractivity contribution in [2.45, 2.75) is 24.0 Å². The van der Waals surface area contributed by atoms with Crippen molar-refractivity contribution in [2.24, 2.45) is 0 Å². The van der Waals surface area contributed by atoms with E-state index in [0.29, 0.717) is 5.25 Å². The van der Waals surface area contributed by atoms with Crippen molar-refractivity contribution >= 4 is 29.0 Å². The second-order valence-electron chi connectivity index (χ2n) is 5.56. The molecule has 1 N–H and O–H groups in total. The van der Waals surface area contributed by atoms with E-state index in [4.69, 9.17) is 0 Å². The highest BCUT2D eigenvalue weighted by atomic mass is 32.2. The van der Waals surface area contributed by atoms with E-state index in [1.54, 1.807) is 11.8 Å². The molecule has 2 rings (SSSR count). The Morgan fingerprint density at radius 1 is 1.05 bits per heavy atom. The van der Waals surface area contributed by atoms with Gasteiger partial charge in [0, 0.05) is 35.6 Å². The second kappa shape index (κ2) is 7.36. The predicted octanol–water partition coefficient (Wildman–Crippen LogP) is 4.51. The molecular weight excluding hydrogens is 292 g/mol. The summed E-state index contributed by atoms with van der Waals surface area (Å²) in [5.74, 6) is -0.0682. The minimum absolute atomic E-state index is 0.0682. The summed E-state index contributed by atoms with van der Waals surface area (Å²) in [6.45, 7) is 4.25. The fourth-order valence-corrected chi connectivity index (χ4v) is 3.00. The summed E-state index contributed by atoms with van der Waals surface area (Å²) in [5.41, 5.74) is 2.63. The van der Waals surface area contributed by atoms with Crippen LogP contribution in [-0.4, -0.2) is 25.3 Å². The summed E-state index contributed by atoms with van der Waals surface area (Å²) in [5, 5.41) is 3.41. The number of benzene rings is 2. The summed E-state index contributed by atoms with van der Waals surface area (Å²) < 4.78 is 0. The predicted molar refractivity (Wildman–Crippen MR) is 96.2 cm³/mol. The van der Waals surface area contributed by atoms with Gasteiger partial charge in [-0.25, -0.2) is 0 Å². The Kier molecular flexibility index (Phi) is 5.50. The molecule has 22 heavy (non-hydrogen) atoms. The SMILES string of the molecule is CC(C)Sc1ccccc1C(=O)Nc1ccc(N(C)C)cc1. The fraction of sp³-hybridized carbons (Fsp3) is 0.278. The summed E-state index contributed by atoms with van der Waals surface area (Å²) in [6.07, 6.45) is 0. The lowest BCUT2D eigenvalue weighted by molar-refractivity contribution is 0.102. The van der Waals surface area contributed by atoms with Crippen LogP contribution < -0.4 is 10.2 Å². The Bertz CT molecular complexity index is 636. The van der Waals surface area contributed by atoms with Gasteiger partial charge in [-0.15, -0.1) is 11.8 Å². The van der Waals surface area contributed by atoms with Gasteiger partial charge in [-0.05, 0) is 36.4 Å². The monoisotopic (exact) mass is 314 g/mol. The molecule has 2 aromatic rings. The van der Waals surface area contributed by atoms with E-state index in [9.17, 15) is 4.79 Å². The Balaban J connectivity index is 2.15. The molecule has 4 heteroatoms. The van der Waals surface area contributed by atoms with Gasteiger partial charge in [-0.1, -0.05) is 26.0 Å². The molecule has 0 aliphatic carbocycles. The van der Waals surface area contributed by atoms with Gasteiger partial charge >= 0.3 is 0 Å². The van der Waals surface area contributed by atoms with Gasteiger partial charge in [-0.2, -0.15) is 0 Å². The van der Waals surface area contributed by atoms with Crippen LogP contribution in [0, 0.1) is 0 Å². The molecule has 0 bridgehead atoms. The molecule has 0 aliphatic rings. The van der Waals surface area contributed by atoms with E-state index >= 15 is 0 Å². The molecule has 0 fully saturated rings. The van der Waals surface area contributed by atoms with E-state index in [1.165, 1.54) is 0 Å². The van der Waals surface area contributed by atoms with Crippen LogP contribution in [0.5, 0.6) is 0 Å². The first kappa shape index (κ1) is 16.4. The molecule has 3 nitrogen and oxygen atoms in total.